The van der Waals surface area contributed by atoms with E-state index in [1.807, 2.05) is 19.1 Å². The highest BCUT2D eigenvalue weighted by atomic mass is 16.6. The third-order valence-corrected chi connectivity index (χ3v) is 2.23. The predicted molar refractivity (Wildman–Crippen MR) is 69.1 cm³/mol. The lowest BCUT2D eigenvalue weighted by Gasteiger charge is -2.17. The molecule has 1 rings (SSSR count). The van der Waals surface area contributed by atoms with Gasteiger partial charge in [-0.05, 0) is 18.6 Å². The zero-order chi connectivity index (χ0) is 13.4. The van der Waals surface area contributed by atoms with Gasteiger partial charge >= 0.3 is 0 Å². The van der Waals surface area contributed by atoms with Crippen molar-refractivity contribution in [1.82, 2.24) is 15.6 Å². The van der Waals surface area contributed by atoms with Crippen molar-refractivity contribution in [3.05, 3.63) is 64.9 Å². The van der Waals surface area contributed by atoms with Crippen molar-refractivity contribution in [2.45, 2.75) is 13.0 Å². The molecule has 0 spiro atoms. The van der Waals surface area contributed by atoms with Gasteiger partial charge in [0.05, 0.1) is 11.0 Å². The van der Waals surface area contributed by atoms with Gasteiger partial charge in [0.25, 0.3) is 6.20 Å². The lowest BCUT2D eigenvalue weighted by atomic mass is 10.1. The molecule has 0 saturated heterocycles. The Morgan fingerprint density at radius 1 is 1.72 bits per heavy atom. The van der Waals surface area contributed by atoms with Crippen LogP contribution in [0.15, 0.2) is 49.2 Å². The molecule has 0 bridgehead atoms. The molecule has 0 radical (unpaired) electrons. The van der Waals surface area contributed by atoms with E-state index >= 15 is 0 Å². The zero-order valence-electron chi connectivity index (χ0n) is 10.2. The molecule has 0 aliphatic carbocycles. The van der Waals surface area contributed by atoms with Gasteiger partial charge in [0.1, 0.15) is 0 Å². The van der Waals surface area contributed by atoms with Gasteiger partial charge in [0, 0.05) is 18.9 Å². The molecule has 96 valence electrons. The van der Waals surface area contributed by atoms with Crippen LogP contribution in [-0.4, -0.2) is 16.5 Å². The second-order valence-corrected chi connectivity index (χ2v) is 3.65. The Balaban J connectivity index is 2.71. The monoisotopic (exact) mass is 248 g/mol. The minimum Gasteiger partial charge on any atom is -0.363 e. The third-order valence-electron chi connectivity index (χ3n) is 2.23. The van der Waals surface area contributed by atoms with Crippen LogP contribution in [0.25, 0.3) is 0 Å². The fourth-order valence-electron chi connectivity index (χ4n) is 1.37. The van der Waals surface area contributed by atoms with Gasteiger partial charge in [-0.3, -0.25) is 15.1 Å². The molecule has 2 N–H and O–H groups in total. The Morgan fingerprint density at radius 2 is 2.50 bits per heavy atom. The van der Waals surface area contributed by atoms with Gasteiger partial charge in [-0.25, -0.2) is 0 Å². The summed E-state index contributed by atoms with van der Waals surface area (Å²) in [6, 6.07) is 3.64. The fraction of sp³-hybridized carbons (Fsp3) is 0.250. The highest BCUT2D eigenvalue weighted by molar-refractivity contribution is 5.14. The number of nitrogens with one attached hydrogen (secondary N) is 2. The van der Waals surface area contributed by atoms with E-state index in [-0.39, 0.29) is 6.04 Å². The smallest absolute Gasteiger partial charge is 0.274 e. The standard InChI is InChI=1S/C12H16N4O2/c1-3-6-14-12(9-16(17)18)15-10(2)11-5-4-7-13-8-11/h3-5,7-10,14-15H,1,6H2,2H3/b12-9+. The van der Waals surface area contributed by atoms with Crippen LogP contribution in [0.2, 0.25) is 0 Å². The molecule has 1 atom stereocenters. The summed E-state index contributed by atoms with van der Waals surface area (Å²) in [6.07, 6.45) is 5.93. The minimum atomic E-state index is -0.506. The summed E-state index contributed by atoms with van der Waals surface area (Å²) < 4.78 is 0. The summed E-state index contributed by atoms with van der Waals surface area (Å²) in [7, 11) is 0. The van der Waals surface area contributed by atoms with Crippen LogP contribution >= 0.6 is 0 Å². The number of hydrogen-bond acceptors (Lipinski definition) is 5. The van der Waals surface area contributed by atoms with Crippen LogP contribution in [-0.2, 0) is 0 Å². The van der Waals surface area contributed by atoms with Crippen molar-refractivity contribution in [1.29, 1.82) is 0 Å². The first-order valence-electron chi connectivity index (χ1n) is 5.50. The maximum atomic E-state index is 10.5. The quantitative estimate of drug-likeness (QED) is 0.435. The van der Waals surface area contributed by atoms with Gasteiger partial charge in [-0.2, -0.15) is 0 Å². The summed E-state index contributed by atoms with van der Waals surface area (Å²) in [5.74, 6) is 0.344. The Kier molecular flexibility index (Phi) is 5.37. The van der Waals surface area contributed by atoms with E-state index in [0.717, 1.165) is 11.8 Å². The Labute approximate surface area is 106 Å². The number of pyridine rings is 1. The van der Waals surface area contributed by atoms with Crippen LogP contribution < -0.4 is 10.6 Å². The molecule has 1 heterocycles. The number of hydrogen-bond donors (Lipinski definition) is 2. The molecule has 6 nitrogen and oxygen atoms in total. The molecular formula is C12H16N4O2. The van der Waals surface area contributed by atoms with E-state index in [9.17, 15) is 10.1 Å². The van der Waals surface area contributed by atoms with E-state index in [1.54, 1.807) is 18.5 Å². The van der Waals surface area contributed by atoms with Crippen LogP contribution in [0.1, 0.15) is 18.5 Å². The number of nitrogens with zero attached hydrogens (tertiary/aromatic N) is 2. The molecule has 0 aliphatic rings. The second-order valence-electron chi connectivity index (χ2n) is 3.65. The molecule has 0 aliphatic heterocycles. The average Bonchev–Trinajstić information content (AvgIpc) is 2.36. The SMILES string of the molecule is C=CCN/C(=C\[N+](=O)[O-])NC(C)c1cccnc1. The van der Waals surface area contributed by atoms with Gasteiger partial charge in [-0.1, -0.05) is 12.1 Å². The first-order chi connectivity index (χ1) is 8.63. The van der Waals surface area contributed by atoms with E-state index in [1.165, 1.54) is 0 Å². The van der Waals surface area contributed by atoms with E-state index in [0.29, 0.717) is 12.4 Å². The van der Waals surface area contributed by atoms with Gasteiger partial charge < -0.3 is 10.6 Å². The topological polar surface area (TPSA) is 80.1 Å². The van der Waals surface area contributed by atoms with Gasteiger partial charge in [0.2, 0.25) is 0 Å². The summed E-state index contributed by atoms with van der Waals surface area (Å²) in [5.41, 5.74) is 0.951. The first-order valence-corrected chi connectivity index (χ1v) is 5.50. The molecule has 6 heteroatoms. The summed E-state index contributed by atoms with van der Waals surface area (Å²) in [5, 5.41) is 16.4. The zero-order valence-corrected chi connectivity index (χ0v) is 10.2. The fourth-order valence-corrected chi connectivity index (χ4v) is 1.37. The third kappa shape index (κ3) is 4.65. The summed E-state index contributed by atoms with van der Waals surface area (Å²) in [4.78, 5) is 14.0. The minimum absolute atomic E-state index is 0.0813. The Hall–Kier alpha value is -2.37. The first kappa shape index (κ1) is 13.7. The molecule has 0 saturated carbocycles. The highest BCUT2D eigenvalue weighted by Crippen LogP contribution is 2.10. The normalized spacial score (nSPS) is 12.6. The predicted octanol–water partition coefficient (Wildman–Crippen LogP) is 1.58. The highest BCUT2D eigenvalue weighted by Gasteiger charge is 2.09. The maximum absolute atomic E-state index is 10.5. The molecule has 1 aromatic heterocycles. The van der Waals surface area contributed by atoms with Crippen molar-refractivity contribution < 1.29 is 4.92 Å². The van der Waals surface area contributed by atoms with Crippen LogP contribution in [0.5, 0.6) is 0 Å². The second kappa shape index (κ2) is 7.05. The van der Waals surface area contributed by atoms with Crippen molar-refractivity contribution in [2.24, 2.45) is 0 Å². The van der Waals surface area contributed by atoms with Gasteiger partial charge in [-0.15, -0.1) is 6.58 Å². The van der Waals surface area contributed by atoms with Gasteiger partial charge in [0.15, 0.2) is 5.82 Å². The number of aromatic nitrogens is 1. The molecule has 0 aromatic carbocycles. The van der Waals surface area contributed by atoms with E-state index in [4.69, 9.17) is 0 Å². The van der Waals surface area contributed by atoms with Crippen LogP contribution in [0.4, 0.5) is 0 Å². The van der Waals surface area contributed by atoms with Crippen molar-refractivity contribution >= 4 is 0 Å². The van der Waals surface area contributed by atoms with Crippen molar-refractivity contribution in [3.63, 3.8) is 0 Å². The summed E-state index contributed by atoms with van der Waals surface area (Å²) >= 11 is 0. The van der Waals surface area contributed by atoms with E-state index < -0.39 is 4.92 Å². The molecular weight excluding hydrogens is 232 g/mol. The summed E-state index contributed by atoms with van der Waals surface area (Å²) in [6.45, 7) is 5.91. The molecule has 0 fully saturated rings. The van der Waals surface area contributed by atoms with Crippen molar-refractivity contribution in [2.75, 3.05) is 6.54 Å². The number of rotatable bonds is 7. The maximum Gasteiger partial charge on any atom is 0.274 e. The molecule has 18 heavy (non-hydrogen) atoms. The molecule has 1 aromatic rings. The lowest BCUT2D eigenvalue weighted by Crippen LogP contribution is -2.29. The largest absolute Gasteiger partial charge is 0.363 e. The lowest BCUT2D eigenvalue weighted by molar-refractivity contribution is -0.404. The van der Waals surface area contributed by atoms with Crippen LogP contribution in [0.3, 0.4) is 0 Å². The molecule has 1 unspecified atom stereocenters. The number of nitro groups is 1. The van der Waals surface area contributed by atoms with Crippen molar-refractivity contribution in [3.8, 4) is 0 Å². The Morgan fingerprint density at radius 3 is 3.06 bits per heavy atom. The molecule has 0 amide bonds. The average molecular weight is 248 g/mol. The van der Waals surface area contributed by atoms with E-state index in [2.05, 4.69) is 22.2 Å². The van der Waals surface area contributed by atoms with Crippen LogP contribution in [0, 0.1) is 10.1 Å². The Bertz CT molecular complexity index is 431.